The number of β-amino-alcohol motifs (C(OH)–C–C–N with tert-alkyl or cyclic N) is 1. The lowest BCUT2D eigenvalue weighted by Gasteiger charge is -2.17. The highest BCUT2D eigenvalue weighted by molar-refractivity contribution is 6.33. The number of anilines is 1. The normalized spacial score (nSPS) is 26.0. The van der Waals surface area contributed by atoms with E-state index in [-0.39, 0.29) is 17.3 Å². The molecule has 1 aromatic heterocycles. The Labute approximate surface area is 97.9 Å². The van der Waals surface area contributed by atoms with Crippen LogP contribution < -0.4 is 4.90 Å². The van der Waals surface area contributed by atoms with E-state index in [1.54, 1.807) is 0 Å². The first-order chi connectivity index (χ1) is 7.08. The molecular formula is C9H11Cl2N3O. The van der Waals surface area contributed by atoms with Crippen molar-refractivity contribution in [3.8, 4) is 0 Å². The van der Waals surface area contributed by atoms with Gasteiger partial charge in [-0.3, -0.25) is 0 Å². The summed E-state index contributed by atoms with van der Waals surface area (Å²) in [6.07, 6.45) is 1.14. The summed E-state index contributed by atoms with van der Waals surface area (Å²) in [5.74, 6) is 0.815. The monoisotopic (exact) mass is 247 g/mol. The van der Waals surface area contributed by atoms with Gasteiger partial charge >= 0.3 is 0 Å². The number of aromatic nitrogens is 2. The topological polar surface area (TPSA) is 49.2 Å². The number of halogens is 2. The molecule has 1 fully saturated rings. The van der Waals surface area contributed by atoms with Crippen LogP contribution in [-0.4, -0.2) is 34.3 Å². The molecule has 82 valence electrons. The van der Waals surface area contributed by atoms with Crippen LogP contribution in [0.15, 0.2) is 6.20 Å². The second-order valence-corrected chi connectivity index (χ2v) is 4.51. The van der Waals surface area contributed by atoms with E-state index in [1.807, 2.05) is 11.8 Å². The van der Waals surface area contributed by atoms with Crippen molar-refractivity contribution in [3.63, 3.8) is 0 Å². The lowest BCUT2D eigenvalue weighted by molar-refractivity contribution is 0.157. The van der Waals surface area contributed by atoms with E-state index in [0.29, 0.717) is 17.4 Å². The van der Waals surface area contributed by atoms with Gasteiger partial charge in [0.25, 0.3) is 0 Å². The Morgan fingerprint density at radius 1 is 1.47 bits per heavy atom. The van der Waals surface area contributed by atoms with Gasteiger partial charge in [-0.25, -0.2) is 4.98 Å². The highest BCUT2D eigenvalue weighted by atomic mass is 35.5. The standard InChI is InChI=1S/C9H11Cl2N3O/c1-5-3-14(4-7(5)15)8-6(10)2-12-9(11)13-8/h2,5,7,15H,3-4H2,1H3. The molecule has 0 aromatic carbocycles. The van der Waals surface area contributed by atoms with Gasteiger partial charge in [0.05, 0.1) is 12.3 Å². The molecular weight excluding hydrogens is 237 g/mol. The molecule has 1 saturated heterocycles. The Kier molecular flexibility index (Phi) is 3.00. The number of aliphatic hydroxyl groups is 1. The fourth-order valence-electron chi connectivity index (χ4n) is 1.68. The van der Waals surface area contributed by atoms with E-state index in [2.05, 4.69) is 9.97 Å². The van der Waals surface area contributed by atoms with Gasteiger partial charge in [-0.1, -0.05) is 18.5 Å². The molecule has 0 radical (unpaired) electrons. The molecule has 2 rings (SSSR count). The minimum Gasteiger partial charge on any atom is -0.391 e. The van der Waals surface area contributed by atoms with Crippen molar-refractivity contribution < 1.29 is 5.11 Å². The summed E-state index contributed by atoms with van der Waals surface area (Å²) >= 11 is 11.7. The lowest BCUT2D eigenvalue weighted by atomic mass is 10.1. The van der Waals surface area contributed by atoms with Crippen molar-refractivity contribution in [1.82, 2.24) is 9.97 Å². The first-order valence-corrected chi connectivity index (χ1v) is 5.44. The molecule has 4 nitrogen and oxygen atoms in total. The first kappa shape index (κ1) is 10.9. The SMILES string of the molecule is CC1CN(c2nc(Cl)ncc2Cl)CC1O. The summed E-state index contributed by atoms with van der Waals surface area (Å²) in [4.78, 5) is 9.76. The minimum absolute atomic E-state index is 0.170. The van der Waals surface area contributed by atoms with Crippen LogP contribution in [0.2, 0.25) is 10.3 Å². The molecule has 0 amide bonds. The highest BCUT2D eigenvalue weighted by Crippen LogP contribution is 2.28. The maximum absolute atomic E-state index is 9.63. The third-order valence-corrected chi connectivity index (χ3v) is 3.02. The van der Waals surface area contributed by atoms with Gasteiger partial charge in [-0.15, -0.1) is 0 Å². The number of nitrogens with zero attached hydrogens (tertiary/aromatic N) is 3. The molecule has 0 saturated carbocycles. The number of rotatable bonds is 1. The Morgan fingerprint density at radius 3 is 2.80 bits per heavy atom. The largest absolute Gasteiger partial charge is 0.391 e. The van der Waals surface area contributed by atoms with Crippen molar-refractivity contribution in [2.75, 3.05) is 18.0 Å². The third-order valence-electron chi connectivity index (χ3n) is 2.57. The second-order valence-electron chi connectivity index (χ2n) is 3.76. The molecule has 1 aromatic rings. The molecule has 0 aliphatic carbocycles. The minimum atomic E-state index is -0.338. The van der Waals surface area contributed by atoms with Crippen molar-refractivity contribution in [3.05, 3.63) is 16.5 Å². The van der Waals surface area contributed by atoms with Crippen molar-refractivity contribution >= 4 is 29.0 Å². The zero-order valence-corrected chi connectivity index (χ0v) is 9.70. The fourth-order valence-corrected chi connectivity index (χ4v) is 2.02. The molecule has 1 N–H and O–H groups in total. The van der Waals surface area contributed by atoms with Gasteiger partial charge in [0, 0.05) is 19.0 Å². The summed E-state index contributed by atoms with van der Waals surface area (Å²) in [5.41, 5.74) is 0. The van der Waals surface area contributed by atoms with Gasteiger partial charge in [0.15, 0.2) is 5.82 Å². The van der Waals surface area contributed by atoms with Gasteiger partial charge in [-0.2, -0.15) is 4.98 Å². The van der Waals surface area contributed by atoms with Crippen LogP contribution >= 0.6 is 23.2 Å². The molecule has 0 bridgehead atoms. The van der Waals surface area contributed by atoms with Gasteiger partial charge in [0.1, 0.15) is 5.02 Å². The van der Waals surface area contributed by atoms with Crippen LogP contribution in [0.4, 0.5) is 5.82 Å². The maximum Gasteiger partial charge on any atom is 0.224 e. The lowest BCUT2D eigenvalue weighted by Crippen LogP contribution is -2.22. The molecule has 1 aliphatic rings. The van der Waals surface area contributed by atoms with Gasteiger partial charge in [-0.05, 0) is 11.6 Å². The molecule has 6 heteroatoms. The Hall–Kier alpha value is -0.580. The van der Waals surface area contributed by atoms with Crippen LogP contribution in [-0.2, 0) is 0 Å². The Balaban J connectivity index is 2.27. The van der Waals surface area contributed by atoms with E-state index in [4.69, 9.17) is 23.2 Å². The zero-order chi connectivity index (χ0) is 11.0. The molecule has 2 heterocycles. The second kappa shape index (κ2) is 4.12. The van der Waals surface area contributed by atoms with Crippen LogP contribution in [0.5, 0.6) is 0 Å². The van der Waals surface area contributed by atoms with E-state index >= 15 is 0 Å². The van der Waals surface area contributed by atoms with Gasteiger partial charge < -0.3 is 10.0 Å². The van der Waals surface area contributed by atoms with Crippen molar-refractivity contribution in [1.29, 1.82) is 0 Å². The smallest absolute Gasteiger partial charge is 0.224 e. The van der Waals surface area contributed by atoms with Crippen LogP contribution in [0.1, 0.15) is 6.92 Å². The van der Waals surface area contributed by atoms with E-state index in [1.165, 1.54) is 6.20 Å². The van der Waals surface area contributed by atoms with Gasteiger partial charge in [0.2, 0.25) is 5.28 Å². The van der Waals surface area contributed by atoms with E-state index < -0.39 is 0 Å². The predicted octanol–water partition coefficient (Wildman–Crippen LogP) is 1.60. The van der Waals surface area contributed by atoms with Crippen LogP contribution in [0.25, 0.3) is 0 Å². The van der Waals surface area contributed by atoms with E-state index in [0.717, 1.165) is 6.54 Å². The van der Waals surface area contributed by atoms with Crippen LogP contribution in [0.3, 0.4) is 0 Å². The Morgan fingerprint density at radius 2 is 2.20 bits per heavy atom. The highest BCUT2D eigenvalue weighted by Gasteiger charge is 2.29. The summed E-state index contributed by atoms with van der Waals surface area (Å²) in [6, 6.07) is 0. The average Bonchev–Trinajstić information content (AvgIpc) is 2.51. The average molecular weight is 248 g/mol. The fraction of sp³-hybridized carbons (Fsp3) is 0.556. The van der Waals surface area contributed by atoms with Crippen LogP contribution in [0, 0.1) is 5.92 Å². The molecule has 2 unspecified atom stereocenters. The number of hydrogen-bond donors (Lipinski definition) is 1. The predicted molar refractivity (Wildman–Crippen MR) is 59.4 cm³/mol. The molecule has 1 aliphatic heterocycles. The summed E-state index contributed by atoms with van der Waals surface area (Å²) < 4.78 is 0. The van der Waals surface area contributed by atoms with Crippen molar-refractivity contribution in [2.45, 2.75) is 13.0 Å². The molecule has 15 heavy (non-hydrogen) atoms. The molecule has 2 atom stereocenters. The summed E-state index contributed by atoms with van der Waals surface area (Å²) in [6.45, 7) is 3.25. The third kappa shape index (κ3) is 2.17. The first-order valence-electron chi connectivity index (χ1n) is 4.69. The molecule has 0 spiro atoms. The summed E-state index contributed by atoms with van der Waals surface area (Å²) in [5, 5.41) is 10.3. The number of aliphatic hydroxyl groups excluding tert-OH is 1. The van der Waals surface area contributed by atoms with Crippen molar-refractivity contribution in [2.24, 2.45) is 5.92 Å². The summed E-state index contributed by atoms with van der Waals surface area (Å²) in [7, 11) is 0. The number of hydrogen-bond acceptors (Lipinski definition) is 4. The Bertz CT molecular complexity index is 364. The maximum atomic E-state index is 9.63. The van der Waals surface area contributed by atoms with E-state index in [9.17, 15) is 5.11 Å². The quantitative estimate of drug-likeness (QED) is 0.767. The zero-order valence-electron chi connectivity index (χ0n) is 8.19.